The summed E-state index contributed by atoms with van der Waals surface area (Å²) in [4.78, 5) is 20.4. The number of anilines is 2. The second-order valence-electron chi connectivity index (χ2n) is 12.2. The third-order valence-corrected chi connectivity index (χ3v) is 9.91. The molecule has 1 aliphatic rings. The fraction of sp³-hybridized carbons (Fsp3) is 0.385. The maximum Gasteiger partial charge on any atom is 0.248 e. The normalized spacial score (nSPS) is 15.2. The lowest BCUT2D eigenvalue weighted by atomic mass is 10.0. The number of aryl methyl sites for hydroxylation is 1. The van der Waals surface area contributed by atoms with Gasteiger partial charge in [-0.3, -0.25) is 4.79 Å². The van der Waals surface area contributed by atoms with Gasteiger partial charge in [-0.05, 0) is 115 Å². The Balaban J connectivity index is 1.24. The molecule has 1 aliphatic heterocycles. The zero-order chi connectivity index (χ0) is 33.7. The lowest BCUT2D eigenvalue weighted by Crippen LogP contribution is -2.26. The number of carbonyl (C=O) groups excluding carboxylic acids is 1. The minimum Gasteiger partial charge on any atom is -0.611 e. The van der Waals surface area contributed by atoms with Crippen LogP contribution in [0.4, 0.5) is 11.4 Å². The largest absolute Gasteiger partial charge is 0.611 e. The predicted octanol–water partition coefficient (Wildman–Crippen LogP) is 8.10. The van der Waals surface area contributed by atoms with Crippen molar-refractivity contribution >= 4 is 34.5 Å². The van der Waals surface area contributed by atoms with Gasteiger partial charge in [0.2, 0.25) is 5.91 Å². The molecule has 2 atom stereocenters. The SMILES string of the molecule is CCCCOCCOc1ccc(-c2ccc(N3CCCC3C)c(C=CC(=O)Nc3ccc([S@@+]([O-])Cc4cncn4CCC)cc3)c2)cc1. The Labute approximate surface area is 288 Å². The quantitative estimate of drug-likeness (QED) is 0.0695. The smallest absolute Gasteiger partial charge is 0.248 e. The van der Waals surface area contributed by atoms with Crippen molar-refractivity contribution in [2.75, 3.05) is 36.6 Å². The van der Waals surface area contributed by atoms with Crippen molar-refractivity contribution in [1.82, 2.24) is 9.55 Å². The van der Waals surface area contributed by atoms with Crippen molar-refractivity contribution in [3.63, 3.8) is 0 Å². The van der Waals surface area contributed by atoms with Gasteiger partial charge < -0.3 is 28.8 Å². The van der Waals surface area contributed by atoms with Gasteiger partial charge in [-0.25, -0.2) is 4.98 Å². The summed E-state index contributed by atoms with van der Waals surface area (Å²) in [5, 5.41) is 2.96. The summed E-state index contributed by atoms with van der Waals surface area (Å²) in [6.45, 7) is 10.2. The van der Waals surface area contributed by atoms with Crippen LogP contribution in [0.15, 0.2) is 90.2 Å². The van der Waals surface area contributed by atoms with Crippen molar-refractivity contribution in [2.45, 2.75) is 76.1 Å². The first-order valence-corrected chi connectivity index (χ1v) is 18.4. The third kappa shape index (κ3) is 9.75. The summed E-state index contributed by atoms with van der Waals surface area (Å²) < 4.78 is 26.5. The number of benzene rings is 3. The molecule has 2 heterocycles. The molecule has 5 rings (SSSR count). The van der Waals surface area contributed by atoms with Gasteiger partial charge in [0.15, 0.2) is 10.6 Å². The van der Waals surface area contributed by atoms with Crippen molar-refractivity contribution < 1.29 is 18.8 Å². The second kappa shape index (κ2) is 17.9. The van der Waals surface area contributed by atoms with Crippen LogP contribution in [0.5, 0.6) is 5.75 Å². The Hall–Kier alpha value is -4.05. The van der Waals surface area contributed by atoms with Crippen LogP contribution in [0.25, 0.3) is 17.2 Å². The Bertz CT molecular complexity index is 1620. The molecule has 3 aromatic carbocycles. The second-order valence-corrected chi connectivity index (χ2v) is 13.7. The summed E-state index contributed by atoms with van der Waals surface area (Å²) in [5.41, 5.74) is 5.88. The van der Waals surface area contributed by atoms with Crippen LogP contribution < -0.4 is 15.0 Å². The Morgan fingerprint density at radius 3 is 2.54 bits per heavy atom. The molecule has 254 valence electrons. The van der Waals surface area contributed by atoms with Gasteiger partial charge in [-0.2, -0.15) is 0 Å². The molecule has 0 aliphatic carbocycles. The maximum atomic E-state index is 13.1. The summed E-state index contributed by atoms with van der Waals surface area (Å²) in [5.74, 6) is 0.993. The topological polar surface area (TPSA) is 91.7 Å². The molecule has 1 fully saturated rings. The van der Waals surface area contributed by atoms with Crippen molar-refractivity contribution in [1.29, 1.82) is 0 Å². The average Bonchev–Trinajstić information content (AvgIpc) is 3.74. The highest BCUT2D eigenvalue weighted by molar-refractivity contribution is 7.90. The molecule has 0 spiro atoms. The van der Waals surface area contributed by atoms with E-state index in [4.69, 9.17) is 9.47 Å². The number of ether oxygens (including phenoxy) is 2. The fourth-order valence-electron chi connectivity index (χ4n) is 5.90. The highest BCUT2D eigenvalue weighted by atomic mass is 32.2. The Morgan fingerprint density at radius 2 is 1.81 bits per heavy atom. The van der Waals surface area contributed by atoms with Gasteiger partial charge in [0.05, 0.1) is 24.8 Å². The number of carbonyl (C=O) groups is 1. The number of hydrogen-bond acceptors (Lipinski definition) is 6. The van der Waals surface area contributed by atoms with E-state index in [-0.39, 0.29) is 5.91 Å². The first kappa shape index (κ1) is 35.3. The molecule has 0 saturated carbocycles. The molecule has 0 radical (unpaired) electrons. The number of amides is 1. The minimum atomic E-state index is -1.21. The number of nitrogens with zero attached hydrogens (tertiary/aromatic N) is 3. The molecule has 9 heteroatoms. The fourth-order valence-corrected chi connectivity index (χ4v) is 7.01. The summed E-state index contributed by atoms with van der Waals surface area (Å²) in [7, 11) is 0. The van der Waals surface area contributed by atoms with Gasteiger partial charge >= 0.3 is 0 Å². The van der Waals surface area contributed by atoms with E-state index < -0.39 is 11.2 Å². The molecule has 1 aromatic heterocycles. The highest BCUT2D eigenvalue weighted by Crippen LogP contribution is 2.33. The van der Waals surface area contributed by atoms with Crippen molar-refractivity contribution in [3.05, 3.63) is 96.6 Å². The Kier molecular flexibility index (Phi) is 13.2. The lowest BCUT2D eigenvalue weighted by molar-refractivity contribution is -0.111. The maximum absolute atomic E-state index is 13.1. The summed E-state index contributed by atoms with van der Waals surface area (Å²) in [6, 6.07) is 22.2. The molecule has 1 N–H and O–H groups in total. The first-order valence-electron chi connectivity index (χ1n) is 17.1. The van der Waals surface area contributed by atoms with Crippen LogP contribution in [0, 0.1) is 0 Å². The van der Waals surface area contributed by atoms with Crippen LogP contribution in [-0.2, 0) is 33.0 Å². The number of rotatable bonds is 17. The number of unbranched alkanes of at least 4 members (excludes halogenated alkanes) is 1. The molecule has 48 heavy (non-hydrogen) atoms. The molecular weight excluding hydrogens is 621 g/mol. The Morgan fingerprint density at radius 1 is 1.02 bits per heavy atom. The molecule has 1 amide bonds. The third-order valence-electron chi connectivity index (χ3n) is 8.56. The average molecular weight is 669 g/mol. The van der Waals surface area contributed by atoms with E-state index in [0.29, 0.717) is 35.6 Å². The standard InChI is InChI=1S/C39H48N4O4S/c1-4-6-23-46-24-25-47-36-15-9-31(10-16-36)32-11-19-38(43-22-7-8-30(43)3)33(26-32)12-20-39(44)41-34-13-17-37(18-14-34)48(45)28-35-27-40-29-42(35)21-5-2/h9-20,26-27,29-30H,4-8,21-25,28H2,1-3H3,(H,41,44)/t30?,48-/m0/s1. The van der Waals surface area contributed by atoms with Crippen LogP contribution >= 0.6 is 0 Å². The van der Waals surface area contributed by atoms with E-state index in [1.807, 2.05) is 34.9 Å². The predicted molar refractivity (Wildman–Crippen MR) is 196 cm³/mol. The van der Waals surface area contributed by atoms with Gasteiger partial charge in [0, 0.05) is 43.2 Å². The molecule has 4 aromatic rings. The molecule has 1 unspecified atom stereocenters. The van der Waals surface area contributed by atoms with E-state index in [2.05, 4.69) is 66.3 Å². The zero-order valence-corrected chi connectivity index (χ0v) is 29.2. The molecule has 0 bridgehead atoms. The van der Waals surface area contributed by atoms with E-state index in [1.165, 1.54) is 0 Å². The van der Waals surface area contributed by atoms with Crippen molar-refractivity contribution in [3.8, 4) is 16.9 Å². The van der Waals surface area contributed by atoms with Crippen molar-refractivity contribution in [2.24, 2.45) is 0 Å². The van der Waals surface area contributed by atoms with Crippen LogP contribution in [0.3, 0.4) is 0 Å². The minimum absolute atomic E-state index is 0.224. The van der Waals surface area contributed by atoms with E-state index in [1.54, 1.807) is 30.7 Å². The van der Waals surface area contributed by atoms with Gasteiger partial charge in [0.1, 0.15) is 12.4 Å². The number of nitrogens with one attached hydrogen (secondary N) is 1. The van der Waals surface area contributed by atoms with Crippen LogP contribution in [0.1, 0.15) is 64.1 Å². The highest BCUT2D eigenvalue weighted by Gasteiger charge is 2.22. The molecule has 1 saturated heterocycles. The number of hydrogen-bond donors (Lipinski definition) is 1. The summed E-state index contributed by atoms with van der Waals surface area (Å²) in [6.07, 6.45) is 12.5. The monoisotopic (exact) mass is 668 g/mol. The van der Waals surface area contributed by atoms with Gasteiger partial charge in [-0.1, -0.05) is 38.5 Å². The van der Waals surface area contributed by atoms with Gasteiger partial charge in [0.25, 0.3) is 0 Å². The first-order chi connectivity index (χ1) is 23.4. The van der Waals surface area contributed by atoms with E-state index in [0.717, 1.165) is 85.6 Å². The number of imidazole rings is 1. The molecule has 8 nitrogen and oxygen atoms in total. The van der Waals surface area contributed by atoms with Crippen LogP contribution in [-0.4, -0.2) is 52.4 Å². The molecular formula is C39H48N4O4S. The van der Waals surface area contributed by atoms with E-state index in [9.17, 15) is 9.35 Å². The lowest BCUT2D eigenvalue weighted by Gasteiger charge is -2.26. The summed E-state index contributed by atoms with van der Waals surface area (Å²) >= 11 is -1.21. The van der Waals surface area contributed by atoms with Gasteiger partial charge in [-0.15, -0.1) is 0 Å². The number of aromatic nitrogens is 2. The van der Waals surface area contributed by atoms with Crippen LogP contribution in [0.2, 0.25) is 0 Å². The van der Waals surface area contributed by atoms with E-state index >= 15 is 0 Å². The zero-order valence-electron chi connectivity index (χ0n) is 28.4.